The van der Waals surface area contributed by atoms with Crippen molar-refractivity contribution in [2.45, 2.75) is 59.4 Å². The van der Waals surface area contributed by atoms with Crippen LogP contribution in [0.3, 0.4) is 0 Å². The lowest BCUT2D eigenvalue weighted by Gasteiger charge is -2.31. The molecule has 0 aromatic carbocycles. The molecule has 1 unspecified atom stereocenters. The highest BCUT2D eigenvalue weighted by atomic mass is 16.4. The van der Waals surface area contributed by atoms with Gasteiger partial charge in [-0.2, -0.15) is 0 Å². The first kappa shape index (κ1) is 15.0. The molecule has 0 heterocycles. The highest BCUT2D eigenvalue weighted by Crippen LogP contribution is 2.29. The fraction of sp³-hybridized carbons (Fsp3) is 0.857. The lowest BCUT2D eigenvalue weighted by molar-refractivity contribution is -0.145. The van der Waals surface area contributed by atoms with Crippen molar-refractivity contribution in [3.05, 3.63) is 0 Å². The maximum absolute atomic E-state index is 12.1. The molecule has 0 saturated heterocycles. The second kappa shape index (κ2) is 5.72. The van der Waals surface area contributed by atoms with Gasteiger partial charge in [0.15, 0.2) is 0 Å². The van der Waals surface area contributed by atoms with Crippen molar-refractivity contribution >= 4 is 11.9 Å². The molecule has 1 amide bonds. The molecule has 104 valence electrons. The van der Waals surface area contributed by atoms with E-state index in [1.54, 1.807) is 0 Å². The van der Waals surface area contributed by atoms with Gasteiger partial charge in [0.2, 0.25) is 5.91 Å². The van der Waals surface area contributed by atoms with Gasteiger partial charge in [-0.3, -0.25) is 4.79 Å². The summed E-state index contributed by atoms with van der Waals surface area (Å²) in [6.07, 6.45) is 3.88. The van der Waals surface area contributed by atoms with Gasteiger partial charge < -0.3 is 10.4 Å². The normalized spacial score (nSPS) is 26.4. The SMILES string of the molecule is CC1CCC(C(=O)NC(C(=O)O)C(C)(C)C)CC1. The summed E-state index contributed by atoms with van der Waals surface area (Å²) in [6, 6.07) is -0.815. The van der Waals surface area contributed by atoms with Gasteiger partial charge >= 0.3 is 5.97 Å². The molecule has 0 aromatic rings. The van der Waals surface area contributed by atoms with Crippen molar-refractivity contribution in [1.29, 1.82) is 0 Å². The summed E-state index contributed by atoms with van der Waals surface area (Å²) in [5.74, 6) is -0.374. The summed E-state index contributed by atoms with van der Waals surface area (Å²) in [6.45, 7) is 7.68. The predicted molar refractivity (Wildman–Crippen MR) is 70.1 cm³/mol. The molecule has 2 N–H and O–H groups in total. The van der Waals surface area contributed by atoms with E-state index in [4.69, 9.17) is 0 Å². The minimum Gasteiger partial charge on any atom is -0.480 e. The molecule has 0 aliphatic heterocycles. The van der Waals surface area contributed by atoms with E-state index in [1.165, 1.54) is 0 Å². The largest absolute Gasteiger partial charge is 0.480 e. The van der Waals surface area contributed by atoms with Crippen LogP contribution >= 0.6 is 0 Å². The zero-order chi connectivity index (χ0) is 13.9. The van der Waals surface area contributed by atoms with E-state index in [2.05, 4.69) is 12.2 Å². The van der Waals surface area contributed by atoms with Gasteiger partial charge in [-0.15, -0.1) is 0 Å². The van der Waals surface area contributed by atoms with E-state index >= 15 is 0 Å². The number of amides is 1. The van der Waals surface area contributed by atoms with Crippen molar-refractivity contribution in [3.8, 4) is 0 Å². The maximum Gasteiger partial charge on any atom is 0.326 e. The first-order valence-corrected chi connectivity index (χ1v) is 6.75. The average Bonchev–Trinajstić information content (AvgIpc) is 2.24. The molecular formula is C14H25NO3. The van der Waals surface area contributed by atoms with Crippen LogP contribution in [0.2, 0.25) is 0 Å². The summed E-state index contributed by atoms with van der Waals surface area (Å²) in [5, 5.41) is 11.9. The minimum atomic E-state index is -0.958. The molecule has 4 heteroatoms. The number of hydrogen-bond donors (Lipinski definition) is 2. The van der Waals surface area contributed by atoms with E-state index in [1.807, 2.05) is 20.8 Å². The third kappa shape index (κ3) is 4.00. The molecule has 1 saturated carbocycles. The summed E-state index contributed by atoms with van der Waals surface area (Å²) in [5.41, 5.74) is -0.469. The molecule has 1 atom stereocenters. The molecule has 1 fully saturated rings. The number of aliphatic carboxylic acids is 1. The number of hydrogen-bond acceptors (Lipinski definition) is 2. The Balaban J connectivity index is 2.59. The number of carbonyl (C=O) groups is 2. The standard InChI is InChI=1S/C14H25NO3/c1-9-5-7-10(8-6-9)12(16)15-11(13(17)18)14(2,3)4/h9-11H,5-8H2,1-4H3,(H,15,16)(H,17,18). The Morgan fingerprint density at radius 3 is 2.06 bits per heavy atom. The Hall–Kier alpha value is -1.06. The quantitative estimate of drug-likeness (QED) is 0.814. The highest BCUT2D eigenvalue weighted by Gasteiger charge is 2.34. The van der Waals surface area contributed by atoms with Crippen molar-refractivity contribution in [1.82, 2.24) is 5.32 Å². The Morgan fingerprint density at radius 1 is 1.17 bits per heavy atom. The molecule has 1 aliphatic rings. The van der Waals surface area contributed by atoms with Crippen LogP contribution in [0, 0.1) is 17.3 Å². The number of rotatable bonds is 3. The predicted octanol–water partition coefficient (Wildman–Crippen LogP) is 2.43. The Labute approximate surface area is 109 Å². The number of carboxylic acid groups (broad SMARTS) is 1. The topological polar surface area (TPSA) is 66.4 Å². The van der Waals surface area contributed by atoms with Gasteiger partial charge in [-0.25, -0.2) is 4.79 Å². The van der Waals surface area contributed by atoms with Gasteiger partial charge in [-0.1, -0.05) is 27.7 Å². The monoisotopic (exact) mass is 255 g/mol. The van der Waals surface area contributed by atoms with Crippen LogP contribution in [-0.4, -0.2) is 23.0 Å². The maximum atomic E-state index is 12.1. The summed E-state index contributed by atoms with van der Waals surface area (Å²) in [4.78, 5) is 23.3. The lowest BCUT2D eigenvalue weighted by Crippen LogP contribution is -2.51. The average molecular weight is 255 g/mol. The van der Waals surface area contributed by atoms with Gasteiger partial charge in [0.1, 0.15) is 6.04 Å². The number of nitrogens with one attached hydrogen (secondary N) is 1. The Bertz CT molecular complexity index is 311. The van der Waals surface area contributed by atoms with Crippen molar-refractivity contribution in [3.63, 3.8) is 0 Å². The third-order valence-electron chi connectivity index (χ3n) is 3.79. The van der Waals surface area contributed by atoms with Crippen molar-refractivity contribution in [2.75, 3.05) is 0 Å². The summed E-state index contributed by atoms with van der Waals surface area (Å²) >= 11 is 0. The van der Waals surface area contributed by atoms with Crippen LogP contribution in [0.5, 0.6) is 0 Å². The second-order valence-electron chi connectivity index (χ2n) is 6.60. The molecule has 0 spiro atoms. The third-order valence-corrected chi connectivity index (χ3v) is 3.79. The molecule has 18 heavy (non-hydrogen) atoms. The Kier molecular flexibility index (Phi) is 4.77. The van der Waals surface area contributed by atoms with Crippen LogP contribution in [0.25, 0.3) is 0 Å². The van der Waals surface area contributed by atoms with Crippen LogP contribution < -0.4 is 5.32 Å². The number of carbonyl (C=O) groups excluding carboxylic acids is 1. The Morgan fingerprint density at radius 2 is 1.67 bits per heavy atom. The molecule has 1 aliphatic carbocycles. The molecule has 0 radical (unpaired) electrons. The van der Waals surface area contributed by atoms with Crippen molar-refractivity contribution < 1.29 is 14.7 Å². The van der Waals surface area contributed by atoms with Gasteiger partial charge in [-0.05, 0) is 37.0 Å². The highest BCUT2D eigenvalue weighted by molar-refractivity contribution is 5.85. The van der Waals surface area contributed by atoms with E-state index in [0.717, 1.165) is 25.7 Å². The fourth-order valence-electron chi connectivity index (χ4n) is 2.43. The second-order valence-corrected chi connectivity index (χ2v) is 6.60. The van der Waals surface area contributed by atoms with Crippen LogP contribution in [-0.2, 0) is 9.59 Å². The van der Waals surface area contributed by atoms with E-state index < -0.39 is 17.4 Å². The van der Waals surface area contributed by atoms with Crippen molar-refractivity contribution in [2.24, 2.45) is 17.3 Å². The minimum absolute atomic E-state index is 0.00889. The number of carboxylic acids is 1. The molecule has 0 aromatic heterocycles. The van der Waals surface area contributed by atoms with E-state index in [9.17, 15) is 14.7 Å². The van der Waals surface area contributed by atoms with E-state index in [0.29, 0.717) is 5.92 Å². The molecular weight excluding hydrogens is 230 g/mol. The van der Waals surface area contributed by atoms with E-state index in [-0.39, 0.29) is 11.8 Å². The zero-order valence-electron chi connectivity index (χ0n) is 11.8. The summed E-state index contributed by atoms with van der Waals surface area (Å²) < 4.78 is 0. The van der Waals surface area contributed by atoms with Gasteiger partial charge in [0, 0.05) is 5.92 Å². The molecule has 4 nitrogen and oxygen atoms in total. The summed E-state index contributed by atoms with van der Waals surface area (Å²) in [7, 11) is 0. The van der Waals surface area contributed by atoms with Crippen LogP contribution in [0.4, 0.5) is 0 Å². The molecule has 1 rings (SSSR count). The first-order chi connectivity index (χ1) is 8.21. The fourth-order valence-corrected chi connectivity index (χ4v) is 2.43. The van der Waals surface area contributed by atoms with Crippen LogP contribution in [0.15, 0.2) is 0 Å². The molecule has 0 bridgehead atoms. The smallest absolute Gasteiger partial charge is 0.326 e. The zero-order valence-corrected chi connectivity index (χ0v) is 11.8. The van der Waals surface area contributed by atoms with Crippen LogP contribution in [0.1, 0.15) is 53.4 Å². The van der Waals surface area contributed by atoms with Gasteiger partial charge in [0.05, 0.1) is 0 Å². The van der Waals surface area contributed by atoms with Gasteiger partial charge in [0.25, 0.3) is 0 Å². The lowest BCUT2D eigenvalue weighted by atomic mass is 9.81. The first-order valence-electron chi connectivity index (χ1n) is 6.75.